The third-order valence-corrected chi connectivity index (χ3v) is 4.91. The maximum atomic E-state index is 14.3. The number of benzene rings is 2. The summed E-state index contributed by atoms with van der Waals surface area (Å²) in [6.45, 7) is 1.60. The van der Waals surface area contributed by atoms with Crippen molar-refractivity contribution in [3.05, 3.63) is 65.5 Å². The molecule has 0 spiro atoms. The number of imide groups is 1. The Kier molecular flexibility index (Phi) is 7.36. The van der Waals surface area contributed by atoms with Gasteiger partial charge in [0.25, 0.3) is 5.91 Å². The topological polar surface area (TPSA) is 64.4 Å². The molecule has 0 aromatic heterocycles. The molecule has 5 nitrogen and oxygen atoms in total. The number of carbonyl (C=O) groups is 2. The number of halogens is 1. The van der Waals surface area contributed by atoms with Crippen LogP contribution in [0.15, 0.2) is 53.4 Å². The molecule has 0 heterocycles. The Hall–Kier alpha value is -3.11. The predicted molar refractivity (Wildman–Crippen MR) is 109 cm³/mol. The molecule has 0 aliphatic rings. The number of nitriles is 1. The number of hydrogen-bond donors (Lipinski definition) is 0. The first kappa shape index (κ1) is 21.2. The molecule has 0 radical (unpaired) electrons. The number of amides is 2. The zero-order chi connectivity index (χ0) is 20.7. The summed E-state index contributed by atoms with van der Waals surface area (Å²) in [6, 6.07) is 14.1. The first-order valence-electron chi connectivity index (χ1n) is 8.40. The Balaban J connectivity index is 2.51. The molecule has 2 aromatic carbocycles. The normalized spacial score (nSPS) is 10.9. The zero-order valence-corrected chi connectivity index (χ0v) is 16.7. The molecule has 28 heavy (non-hydrogen) atoms. The van der Waals surface area contributed by atoms with Gasteiger partial charge < -0.3 is 4.90 Å². The van der Waals surface area contributed by atoms with Gasteiger partial charge >= 0.3 is 0 Å². The lowest BCUT2D eigenvalue weighted by Gasteiger charge is -2.24. The highest BCUT2D eigenvalue weighted by Gasteiger charge is 2.17. The van der Waals surface area contributed by atoms with Crippen LogP contribution in [0.25, 0.3) is 5.70 Å². The molecule has 0 fully saturated rings. The minimum absolute atomic E-state index is 0.321. The standard InChI is InChI=1S/C21H20FN3O2S/c1-15-4-6-16(7-5-15)19(13-21(27)25(14-26)11-10-23)24(2)17-8-9-20(28-3)18(22)12-17/h4-9,12-14H,11H2,1-3H3/b19-13-. The maximum absolute atomic E-state index is 14.3. The highest BCUT2D eigenvalue weighted by molar-refractivity contribution is 7.98. The third kappa shape index (κ3) is 4.99. The monoisotopic (exact) mass is 397 g/mol. The second-order valence-corrected chi connectivity index (χ2v) is 6.85. The third-order valence-electron chi connectivity index (χ3n) is 4.14. The Morgan fingerprint density at radius 2 is 1.93 bits per heavy atom. The van der Waals surface area contributed by atoms with E-state index in [9.17, 15) is 14.0 Å². The minimum atomic E-state index is -0.625. The van der Waals surface area contributed by atoms with Gasteiger partial charge in [-0.05, 0) is 36.9 Å². The smallest absolute Gasteiger partial charge is 0.255 e. The zero-order valence-electron chi connectivity index (χ0n) is 15.8. The van der Waals surface area contributed by atoms with Gasteiger partial charge in [0, 0.05) is 23.7 Å². The summed E-state index contributed by atoms with van der Waals surface area (Å²) < 4.78 is 14.3. The van der Waals surface area contributed by atoms with Gasteiger partial charge in [0.1, 0.15) is 12.4 Å². The summed E-state index contributed by atoms with van der Waals surface area (Å²) in [4.78, 5) is 26.6. The van der Waals surface area contributed by atoms with Crippen LogP contribution in [0.3, 0.4) is 0 Å². The van der Waals surface area contributed by atoms with E-state index in [1.54, 1.807) is 36.4 Å². The Bertz CT molecular complexity index is 936. The van der Waals surface area contributed by atoms with Gasteiger partial charge in [0.05, 0.1) is 11.8 Å². The summed E-state index contributed by atoms with van der Waals surface area (Å²) in [5.74, 6) is -0.981. The molecule has 7 heteroatoms. The van der Waals surface area contributed by atoms with E-state index in [-0.39, 0.29) is 12.4 Å². The van der Waals surface area contributed by atoms with Crippen molar-refractivity contribution in [2.75, 3.05) is 24.7 Å². The SMILES string of the molecule is CSc1ccc(N(C)/C(=C\C(=O)N(C=O)CC#N)c2ccc(C)cc2)cc1F. The average molecular weight is 397 g/mol. The number of rotatable bonds is 7. The van der Waals surface area contributed by atoms with Crippen LogP contribution in [0.2, 0.25) is 0 Å². The maximum Gasteiger partial charge on any atom is 0.255 e. The molecule has 144 valence electrons. The number of aryl methyl sites for hydroxylation is 1. The van der Waals surface area contributed by atoms with Gasteiger partial charge in [0.15, 0.2) is 0 Å². The van der Waals surface area contributed by atoms with E-state index in [4.69, 9.17) is 5.26 Å². The van der Waals surface area contributed by atoms with Crippen molar-refractivity contribution < 1.29 is 14.0 Å². The quantitative estimate of drug-likeness (QED) is 0.307. The van der Waals surface area contributed by atoms with Crippen molar-refractivity contribution in [2.24, 2.45) is 0 Å². The predicted octanol–water partition coefficient (Wildman–Crippen LogP) is 3.84. The first-order valence-corrected chi connectivity index (χ1v) is 9.62. The number of carbonyl (C=O) groups excluding carboxylic acids is 2. The van der Waals surface area contributed by atoms with Crippen molar-refractivity contribution in [3.63, 3.8) is 0 Å². The fraction of sp³-hybridized carbons (Fsp3) is 0.190. The Labute approximate surface area is 168 Å². The van der Waals surface area contributed by atoms with E-state index in [1.807, 2.05) is 31.2 Å². The number of hydrogen-bond acceptors (Lipinski definition) is 5. The van der Waals surface area contributed by atoms with Crippen LogP contribution < -0.4 is 4.90 Å². The number of nitrogens with zero attached hydrogens (tertiary/aromatic N) is 3. The van der Waals surface area contributed by atoms with Crippen molar-refractivity contribution >= 4 is 35.5 Å². The van der Waals surface area contributed by atoms with E-state index in [0.717, 1.165) is 16.0 Å². The second-order valence-electron chi connectivity index (χ2n) is 6.00. The van der Waals surface area contributed by atoms with Crippen LogP contribution >= 0.6 is 11.8 Å². The van der Waals surface area contributed by atoms with Crippen LogP contribution in [-0.4, -0.2) is 37.1 Å². The molecule has 2 amide bonds. The van der Waals surface area contributed by atoms with Gasteiger partial charge in [-0.1, -0.05) is 29.8 Å². The highest BCUT2D eigenvalue weighted by atomic mass is 32.2. The fourth-order valence-electron chi connectivity index (χ4n) is 2.54. The van der Waals surface area contributed by atoms with Crippen LogP contribution in [0.5, 0.6) is 0 Å². The summed E-state index contributed by atoms with van der Waals surface area (Å²) in [7, 11) is 1.71. The summed E-state index contributed by atoms with van der Waals surface area (Å²) in [5, 5.41) is 8.79. The van der Waals surface area contributed by atoms with Crippen molar-refractivity contribution in [1.29, 1.82) is 5.26 Å². The summed E-state index contributed by atoms with van der Waals surface area (Å²) in [5.41, 5.74) is 2.80. The van der Waals surface area contributed by atoms with E-state index < -0.39 is 5.91 Å². The minimum Gasteiger partial charge on any atom is -0.344 e. The van der Waals surface area contributed by atoms with Crippen molar-refractivity contribution in [2.45, 2.75) is 11.8 Å². The molecule has 0 N–H and O–H groups in total. The van der Waals surface area contributed by atoms with Crippen LogP contribution in [0.1, 0.15) is 11.1 Å². The van der Waals surface area contributed by atoms with Crippen molar-refractivity contribution in [3.8, 4) is 6.07 Å². The molecule has 0 bridgehead atoms. The lowest BCUT2D eigenvalue weighted by molar-refractivity contribution is -0.133. The van der Waals surface area contributed by atoms with Gasteiger partial charge in [-0.25, -0.2) is 4.39 Å². The van der Waals surface area contributed by atoms with E-state index in [2.05, 4.69) is 0 Å². The molecule has 0 unspecified atom stereocenters. The summed E-state index contributed by atoms with van der Waals surface area (Å²) >= 11 is 1.31. The Morgan fingerprint density at radius 1 is 1.25 bits per heavy atom. The molecular formula is C21H20FN3O2S. The molecule has 0 aliphatic heterocycles. The molecule has 0 saturated carbocycles. The average Bonchev–Trinajstić information content (AvgIpc) is 2.70. The van der Waals surface area contributed by atoms with Crippen LogP contribution in [0.4, 0.5) is 10.1 Å². The van der Waals surface area contributed by atoms with Crippen LogP contribution in [0, 0.1) is 24.1 Å². The second kappa shape index (κ2) is 9.72. The van der Waals surface area contributed by atoms with Gasteiger partial charge in [-0.15, -0.1) is 11.8 Å². The van der Waals surface area contributed by atoms with E-state index >= 15 is 0 Å². The molecule has 2 rings (SSSR count). The van der Waals surface area contributed by atoms with Gasteiger partial charge in [0.2, 0.25) is 6.41 Å². The highest BCUT2D eigenvalue weighted by Crippen LogP contribution is 2.29. The van der Waals surface area contributed by atoms with E-state index in [0.29, 0.717) is 22.7 Å². The Morgan fingerprint density at radius 3 is 2.46 bits per heavy atom. The first-order chi connectivity index (χ1) is 13.4. The molecule has 0 atom stereocenters. The number of anilines is 1. The lowest BCUT2D eigenvalue weighted by Crippen LogP contribution is -2.29. The molecule has 0 saturated heterocycles. The largest absolute Gasteiger partial charge is 0.344 e. The van der Waals surface area contributed by atoms with Gasteiger partial charge in [-0.2, -0.15) is 5.26 Å². The molecular weight excluding hydrogens is 377 g/mol. The molecule has 2 aromatic rings. The number of thioether (sulfide) groups is 1. The van der Waals surface area contributed by atoms with E-state index in [1.165, 1.54) is 23.9 Å². The summed E-state index contributed by atoms with van der Waals surface area (Å²) in [6.07, 6.45) is 3.39. The van der Waals surface area contributed by atoms with Crippen molar-refractivity contribution in [1.82, 2.24) is 4.90 Å². The molecule has 0 aliphatic carbocycles. The van der Waals surface area contributed by atoms with Gasteiger partial charge in [-0.3, -0.25) is 14.5 Å². The fourth-order valence-corrected chi connectivity index (χ4v) is 3.00. The lowest BCUT2D eigenvalue weighted by atomic mass is 10.1. The van der Waals surface area contributed by atoms with Crippen LogP contribution in [-0.2, 0) is 9.59 Å².